The summed E-state index contributed by atoms with van der Waals surface area (Å²) in [6.07, 6.45) is 1.76. The maximum atomic E-state index is 10.8. The first-order valence-electron chi connectivity index (χ1n) is 3.72. The Labute approximate surface area is 70.3 Å². The van der Waals surface area contributed by atoms with Gasteiger partial charge in [0.1, 0.15) is 0 Å². The fourth-order valence-corrected chi connectivity index (χ4v) is 0.787. The zero-order valence-corrected chi connectivity index (χ0v) is 7.15. The first-order chi connectivity index (χ1) is 5.76. The molecule has 1 heterocycles. The van der Waals surface area contributed by atoms with Gasteiger partial charge in [0.15, 0.2) is 0 Å². The summed E-state index contributed by atoms with van der Waals surface area (Å²) < 4.78 is 4.48. The third-order valence-electron chi connectivity index (χ3n) is 1.42. The summed E-state index contributed by atoms with van der Waals surface area (Å²) in [4.78, 5) is 12.3. The van der Waals surface area contributed by atoms with Crippen molar-refractivity contribution in [3.05, 3.63) is 11.9 Å². The Balaban J connectivity index is 2.58. The number of hydrogen-bond acceptors (Lipinski definition) is 4. The summed E-state index contributed by atoms with van der Waals surface area (Å²) >= 11 is 0. The molecule has 5 nitrogen and oxygen atoms in total. The molecule has 0 radical (unpaired) electrons. The Hall–Kier alpha value is -1.39. The highest BCUT2D eigenvalue weighted by Gasteiger charge is 2.05. The Morgan fingerprint density at radius 2 is 2.50 bits per heavy atom. The smallest absolute Gasteiger partial charge is 0.311 e. The molecule has 66 valence electrons. The van der Waals surface area contributed by atoms with Gasteiger partial charge in [-0.1, -0.05) is 0 Å². The van der Waals surface area contributed by atoms with Gasteiger partial charge in [0.25, 0.3) is 0 Å². The number of aromatic nitrogens is 3. The molecule has 0 amide bonds. The first kappa shape index (κ1) is 8.70. The van der Waals surface area contributed by atoms with Gasteiger partial charge >= 0.3 is 5.97 Å². The minimum absolute atomic E-state index is 0.191. The third-order valence-corrected chi connectivity index (χ3v) is 1.42. The molecule has 0 saturated heterocycles. The molecule has 1 rings (SSSR count). The second-order valence-electron chi connectivity index (χ2n) is 2.28. The van der Waals surface area contributed by atoms with E-state index in [1.165, 1.54) is 11.9 Å². The van der Waals surface area contributed by atoms with E-state index >= 15 is 0 Å². The van der Waals surface area contributed by atoms with Crippen LogP contribution in [0, 0.1) is 0 Å². The van der Waals surface area contributed by atoms with Crippen molar-refractivity contribution >= 4 is 5.97 Å². The number of ether oxygens (including phenoxy) is 1. The van der Waals surface area contributed by atoms with E-state index in [2.05, 4.69) is 14.9 Å². The van der Waals surface area contributed by atoms with Crippen molar-refractivity contribution in [2.45, 2.75) is 19.9 Å². The van der Waals surface area contributed by atoms with Crippen molar-refractivity contribution in [3.8, 4) is 0 Å². The van der Waals surface area contributed by atoms with Gasteiger partial charge in [-0.15, -0.1) is 0 Å². The lowest BCUT2D eigenvalue weighted by molar-refractivity contribution is -0.139. The number of methoxy groups -OCH3 is 1. The van der Waals surface area contributed by atoms with Gasteiger partial charge in [0.2, 0.25) is 0 Å². The van der Waals surface area contributed by atoms with E-state index in [-0.39, 0.29) is 12.4 Å². The van der Waals surface area contributed by atoms with E-state index in [9.17, 15) is 4.79 Å². The van der Waals surface area contributed by atoms with Crippen LogP contribution in [0.15, 0.2) is 6.20 Å². The molecule has 5 heteroatoms. The predicted molar refractivity (Wildman–Crippen MR) is 41.4 cm³/mol. The minimum Gasteiger partial charge on any atom is -0.469 e. The number of aryl methyl sites for hydroxylation is 1. The normalized spacial score (nSPS) is 9.83. The lowest BCUT2D eigenvalue weighted by Crippen LogP contribution is -2.06. The van der Waals surface area contributed by atoms with Crippen molar-refractivity contribution in [2.24, 2.45) is 0 Å². The highest BCUT2D eigenvalue weighted by molar-refractivity contribution is 5.71. The van der Waals surface area contributed by atoms with Gasteiger partial charge in [0, 0.05) is 0 Å². The topological polar surface area (TPSA) is 57.0 Å². The zero-order valence-electron chi connectivity index (χ0n) is 7.15. The highest BCUT2D eigenvalue weighted by Crippen LogP contribution is 1.94. The van der Waals surface area contributed by atoms with Crippen molar-refractivity contribution in [3.63, 3.8) is 0 Å². The monoisotopic (exact) mass is 169 g/mol. The quantitative estimate of drug-likeness (QED) is 0.598. The molecule has 0 aliphatic carbocycles. The summed E-state index contributed by atoms with van der Waals surface area (Å²) in [5, 5.41) is 7.94. The van der Waals surface area contributed by atoms with Crippen molar-refractivity contribution < 1.29 is 9.53 Å². The molecule has 0 unspecified atom stereocenters. The summed E-state index contributed by atoms with van der Waals surface area (Å²) in [5.74, 6) is -0.293. The summed E-state index contributed by atoms with van der Waals surface area (Å²) in [6.45, 7) is 2.64. The summed E-state index contributed by atoms with van der Waals surface area (Å²) in [6, 6.07) is 0. The molecule has 0 aliphatic rings. The van der Waals surface area contributed by atoms with Crippen LogP contribution in [-0.2, 0) is 22.5 Å². The fourth-order valence-electron chi connectivity index (χ4n) is 0.787. The third kappa shape index (κ3) is 2.05. The Morgan fingerprint density at radius 3 is 3.00 bits per heavy atom. The molecule has 0 spiro atoms. The maximum absolute atomic E-state index is 10.8. The van der Waals surface area contributed by atoms with Crippen molar-refractivity contribution in [1.29, 1.82) is 0 Å². The van der Waals surface area contributed by atoms with E-state index < -0.39 is 0 Å². The lowest BCUT2D eigenvalue weighted by Gasteiger charge is -1.93. The number of nitrogens with zero attached hydrogens (tertiary/aromatic N) is 3. The Bertz CT molecular complexity index is 269. The molecule has 0 aromatic carbocycles. The molecular formula is C7H11N3O2. The van der Waals surface area contributed by atoms with Gasteiger partial charge in [0.05, 0.1) is 32.0 Å². The van der Waals surface area contributed by atoms with Crippen molar-refractivity contribution in [2.75, 3.05) is 7.11 Å². The average molecular weight is 169 g/mol. The Morgan fingerprint density at radius 1 is 1.75 bits per heavy atom. The highest BCUT2D eigenvalue weighted by atomic mass is 16.5. The molecule has 0 atom stereocenters. The van der Waals surface area contributed by atoms with E-state index in [1.54, 1.807) is 6.20 Å². The number of hydrogen-bond donors (Lipinski definition) is 0. The molecule has 1 aromatic heterocycles. The van der Waals surface area contributed by atoms with Crippen LogP contribution in [0.25, 0.3) is 0 Å². The fraction of sp³-hybridized carbons (Fsp3) is 0.571. The average Bonchev–Trinajstić information content (AvgIpc) is 2.52. The van der Waals surface area contributed by atoms with Crippen LogP contribution >= 0.6 is 0 Å². The summed E-state index contributed by atoms with van der Waals surface area (Å²) in [5.41, 5.74) is 0.642. The predicted octanol–water partition coefficient (Wildman–Crippen LogP) is 0.0135. The first-order valence-corrected chi connectivity index (χ1v) is 3.72. The number of esters is 1. The van der Waals surface area contributed by atoms with E-state index in [1.807, 2.05) is 6.92 Å². The molecule has 12 heavy (non-hydrogen) atoms. The summed E-state index contributed by atoms with van der Waals surface area (Å²) in [7, 11) is 1.35. The minimum atomic E-state index is -0.293. The van der Waals surface area contributed by atoms with Gasteiger partial charge < -0.3 is 4.74 Å². The molecular weight excluding hydrogens is 158 g/mol. The number of carbonyl (C=O) groups is 1. The molecule has 0 N–H and O–H groups in total. The van der Waals surface area contributed by atoms with Crippen LogP contribution in [0.4, 0.5) is 0 Å². The van der Waals surface area contributed by atoms with Crippen LogP contribution in [0.1, 0.15) is 12.6 Å². The lowest BCUT2D eigenvalue weighted by atomic mass is 10.3. The molecule has 0 fully saturated rings. The molecule has 0 saturated carbocycles. The second-order valence-corrected chi connectivity index (χ2v) is 2.28. The van der Waals surface area contributed by atoms with Gasteiger partial charge in [-0.2, -0.15) is 15.0 Å². The van der Waals surface area contributed by atoms with Gasteiger partial charge in [-0.3, -0.25) is 4.79 Å². The number of rotatable bonds is 3. The van der Waals surface area contributed by atoms with Crippen LogP contribution in [-0.4, -0.2) is 28.1 Å². The molecule has 0 aliphatic heterocycles. The van der Waals surface area contributed by atoms with Gasteiger partial charge in [-0.05, 0) is 6.92 Å². The van der Waals surface area contributed by atoms with Crippen molar-refractivity contribution in [1.82, 2.24) is 15.0 Å². The molecule has 1 aromatic rings. The second kappa shape index (κ2) is 3.85. The zero-order chi connectivity index (χ0) is 8.97. The maximum Gasteiger partial charge on any atom is 0.311 e. The molecule has 0 bridgehead atoms. The van der Waals surface area contributed by atoms with Gasteiger partial charge in [-0.25, -0.2) is 0 Å². The van der Waals surface area contributed by atoms with Crippen LogP contribution in [0.3, 0.4) is 0 Å². The van der Waals surface area contributed by atoms with E-state index in [0.717, 1.165) is 0 Å². The van der Waals surface area contributed by atoms with Crippen LogP contribution in [0.2, 0.25) is 0 Å². The van der Waals surface area contributed by atoms with E-state index in [0.29, 0.717) is 12.2 Å². The van der Waals surface area contributed by atoms with Crippen LogP contribution < -0.4 is 0 Å². The Kier molecular flexibility index (Phi) is 2.79. The SMILES string of the molecule is CCn1ncc(CC(=O)OC)n1. The standard InChI is InChI=1S/C7H11N3O2/c1-3-10-8-5-6(9-10)4-7(11)12-2/h5H,3-4H2,1-2H3. The largest absolute Gasteiger partial charge is 0.469 e. The van der Waals surface area contributed by atoms with Crippen LogP contribution in [0.5, 0.6) is 0 Å². The van der Waals surface area contributed by atoms with E-state index in [4.69, 9.17) is 0 Å². The number of carbonyl (C=O) groups excluding carboxylic acids is 1.